The van der Waals surface area contributed by atoms with E-state index in [4.69, 9.17) is 0 Å². The minimum atomic E-state index is 0.991. The molecule has 0 aliphatic rings. The molecule has 0 bridgehead atoms. The standard InChI is InChI=1S/C17H14BrN/c1-13-11-16(18)12-14(2)17(13)19-10-6-9-15-7-4-3-5-8-15/h3-5,7-8,10-12H,1-2H3. The molecule has 0 radical (unpaired) electrons. The highest BCUT2D eigenvalue weighted by Crippen LogP contribution is 2.27. The molecule has 0 N–H and O–H groups in total. The van der Waals surface area contributed by atoms with Crippen LogP contribution in [0.4, 0.5) is 5.69 Å². The van der Waals surface area contributed by atoms with E-state index in [2.05, 4.69) is 58.7 Å². The fourth-order valence-electron chi connectivity index (χ4n) is 1.84. The second-order valence-corrected chi connectivity index (χ2v) is 5.20. The molecule has 0 fully saturated rings. The van der Waals surface area contributed by atoms with Crippen LogP contribution in [0.5, 0.6) is 0 Å². The lowest BCUT2D eigenvalue weighted by molar-refractivity contribution is 1.32. The van der Waals surface area contributed by atoms with E-state index in [-0.39, 0.29) is 0 Å². The Bertz CT molecular complexity index is 638. The SMILES string of the molecule is Cc1cc(Br)cc(C)c1N=CC#Cc1ccccc1. The Balaban J connectivity index is 2.19. The van der Waals surface area contributed by atoms with Crippen molar-refractivity contribution < 1.29 is 0 Å². The van der Waals surface area contributed by atoms with Gasteiger partial charge < -0.3 is 0 Å². The van der Waals surface area contributed by atoms with Crippen LogP contribution in [0, 0.1) is 25.7 Å². The third kappa shape index (κ3) is 3.81. The average Bonchev–Trinajstić information content (AvgIpc) is 2.38. The summed E-state index contributed by atoms with van der Waals surface area (Å²) in [6.07, 6.45) is 1.66. The maximum absolute atomic E-state index is 4.44. The number of nitrogens with zero attached hydrogens (tertiary/aromatic N) is 1. The van der Waals surface area contributed by atoms with Gasteiger partial charge >= 0.3 is 0 Å². The Morgan fingerprint density at radius 2 is 1.68 bits per heavy atom. The van der Waals surface area contributed by atoms with Gasteiger partial charge in [-0.25, -0.2) is 4.99 Å². The van der Waals surface area contributed by atoms with E-state index in [0.29, 0.717) is 0 Å². The molecule has 0 saturated heterocycles. The van der Waals surface area contributed by atoms with Crippen LogP contribution in [0.25, 0.3) is 0 Å². The quantitative estimate of drug-likeness (QED) is 0.529. The van der Waals surface area contributed by atoms with Gasteiger partial charge in [0.05, 0.1) is 11.9 Å². The topological polar surface area (TPSA) is 12.4 Å². The van der Waals surface area contributed by atoms with Crippen molar-refractivity contribution in [1.82, 2.24) is 0 Å². The molecule has 2 aromatic rings. The summed E-state index contributed by atoms with van der Waals surface area (Å²) in [7, 11) is 0. The minimum Gasteiger partial charge on any atom is -0.247 e. The molecule has 0 aliphatic heterocycles. The van der Waals surface area contributed by atoms with Gasteiger partial charge in [0.1, 0.15) is 0 Å². The molecule has 0 amide bonds. The number of benzene rings is 2. The predicted molar refractivity (Wildman–Crippen MR) is 85.1 cm³/mol. The highest BCUT2D eigenvalue weighted by atomic mass is 79.9. The highest BCUT2D eigenvalue weighted by Gasteiger charge is 2.01. The molecular formula is C17H14BrN. The van der Waals surface area contributed by atoms with Gasteiger partial charge in [0.15, 0.2) is 0 Å². The Hall–Kier alpha value is -1.85. The molecular weight excluding hydrogens is 298 g/mol. The second kappa shape index (κ2) is 6.36. The van der Waals surface area contributed by atoms with Gasteiger partial charge in [-0.15, -0.1) is 0 Å². The monoisotopic (exact) mass is 311 g/mol. The van der Waals surface area contributed by atoms with Gasteiger partial charge in [-0.05, 0) is 55.2 Å². The van der Waals surface area contributed by atoms with Crippen molar-refractivity contribution in [3.8, 4) is 11.8 Å². The van der Waals surface area contributed by atoms with Crippen LogP contribution in [0.2, 0.25) is 0 Å². The van der Waals surface area contributed by atoms with Gasteiger partial charge in [0.2, 0.25) is 0 Å². The minimum absolute atomic E-state index is 0.991. The molecule has 1 nitrogen and oxygen atoms in total. The third-order valence-electron chi connectivity index (χ3n) is 2.70. The lowest BCUT2D eigenvalue weighted by atomic mass is 10.1. The third-order valence-corrected chi connectivity index (χ3v) is 3.16. The van der Waals surface area contributed by atoms with Gasteiger partial charge in [-0.3, -0.25) is 0 Å². The van der Waals surface area contributed by atoms with E-state index in [1.807, 2.05) is 30.3 Å². The van der Waals surface area contributed by atoms with E-state index >= 15 is 0 Å². The first-order valence-electron chi connectivity index (χ1n) is 6.02. The smallest absolute Gasteiger partial charge is 0.0777 e. The summed E-state index contributed by atoms with van der Waals surface area (Å²) in [5.41, 5.74) is 4.28. The Kier molecular flexibility index (Phi) is 4.54. The van der Waals surface area contributed by atoms with E-state index < -0.39 is 0 Å². The molecule has 94 valence electrons. The number of aliphatic imine (C=N–C) groups is 1. The largest absolute Gasteiger partial charge is 0.247 e. The van der Waals surface area contributed by atoms with Crippen LogP contribution in [0.3, 0.4) is 0 Å². The Labute approximate surface area is 122 Å². The van der Waals surface area contributed by atoms with Gasteiger partial charge in [0, 0.05) is 10.0 Å². The first kappa shape index (κ1) is 13.6. The average molecular weight is 312 g/mol. The summed E-state index contributed by atoms with van der Waals surface area (Å²) in [4.78, 5) is 4.44. The zero-order chi connectivity index (χ0) is 13.7. The van der Waals surface area contributed by atoms with Crippen molar-refractivity contribution in [3.63, 3.8) is 0 Å². The first-order valence-corrected chi connectivity index (χ1v) is 6.82. The summed E-state index contributed by atoms with van der Waals surface area (Å²) >= 11 is 3.48. The summed E-state index contributed by atoms with van der Waals surface area (Å²) in [5, 5.41) is 0. The van der Waals surface area contributed by atoms with Crippen LogP contribution < -0.4 is 0 Å². The number of hydrogen-bond acceptors (Lipinski definition) is 1. The van der Waals surface area contributed by atoms with Gasteiger partial charge in [-0.1, -0.05) is 40.0 Å². The van der Waals surface area contributed by atoms with Crippen molar-refractivity contribution in [2.75, 3.05) is 0 Å². The van der Waals surface area contributed by atoms with Gasteiger partial charge in [-0.2, -0.15) is 0 Å². The molecule has 0 saturated carbocycles. The van der Waals surface area contributed by atoms with Crippen LogP contribution >= 0.6 is 15.9 Å². The number of aryl methyl sites for hydroxylation is 2. The van der Waals surface area contributed by atoms with Gasteiger partial charge in [0.25, 0.3) is 0 Å². The van der Waals surface area contributed by atoms with E-state index in [1.54, 1.807) is 6.21 Å². The number of halogens is 1. The van der Waals surface area contributed by atoms with E-state index in [0.717, 1.165) is 26.9 Å². The number of hydrogen-bond donors (Lipinski definition) is 0. The van der Waals surface area contributed by atoms with Crippen LogP contribution in [-0.2, 0) is 0 Å². The molecule has 2 aromatic carbocycles. The zero-order valence-corrected chi connectivity index (χ0v) is 12.5. The fraction of sp³-hybridized carbons (Fsp3) is 0.118. The summed E-state index contributed by atoms with van der Waals surface area (Å²) < 4.78 is 1.08. The Morgan fingerprint density at radius 1 is 1.05 bits per heavy atom. The lowest BCUT2D eigenvalue weighted by Gasteiger charge is -2.04. The summed E-state index contributed by atoms with van der Waals surface area (Å²) in [6.45, 7) is 4.10. The van der Waals surface area contributed by atoms with Crippen molar-refractivity contribution in [3.05, 3.63) is 63.6 Å². The van der Waals surface area contributed by atoms with Crippen LogP contribution in [0.15, 0.2) is 51.9 Å². The molecule has 0 spiro atoms. The normalized spacial score (nSPS) is 10.3. The first-order chi connectivity index (χ1) is 9.16. The van der Waals surface area contributed by atoms with Crippen LogP contribution in [0.1, 0.15) is 16.7 Å². The van der Waals surface area contributed by atoms with Crippen LogP contribution in [-0.4, -0.2) is 6.21 Å². The molecule has 2 heteroatoms. The molecule has 0 unspecified atom stereocenters. The zero-order valence-electron chi connectivity index (χ0n) is 10.9. The number of rotatable bonds is 1. The van der Waals surface area contributed by atoms with Crippen molar-refractivity contribution >= 4 is 27.8 Å². The second-order valence-electron chi connectivity index (χ2n) is 4.28. The van der Waals surface area contributed by atoms with Crippen molar-refractivity contribution in [2.45, 2.75) is 13.8 Å². The molecule has 2 rings (SSSR count). The predicted octanol–water partition coefficient (Wildman–Crippen LogP) is 4.82. The summed E-state index contributed by atoms with van der Waals surface area (Å²) in [5.74, 6) is 6.02. The lowest BCUT2D eigenvalue weighted by Crippen LogP contribution is -1.81. The molecule has 0 heterocycles. The van der Waals surface area contributed by atoms with E-state index in [9.17, 15) is 0 Å². The molecule has 0 aromatic heterocycles. The van der Waals surface area contributed by atoms with Crippen molar-refractivity contribution in [1.29, 1.82) is 0 Å². The van der Waals surface area contributed by atoms with E-state index in [1.165, 1.54) is 0 Å². The highest BCUT2D eigenvalue weighted by molar-refractivity contribution is 9.10. The molecule has 0 atom stereocenters. The maximum atomic E-state index is 4.44. The molecule has 0 aliphatic carbocycles. The fourth-order valence-corrected chi connectivity index (χ4v) is 2.53. The summed E-state index contributed by atoms with van der Waals surface area (Å²) in [6, 6.07) is 14.0. The maximum Gasteiger partial charge on any atom is 0.0777 e. The van der Waals surface area contributed by atoms with Crippen molar-refractivity contribution in [2.24, 2.45) is 4.99 Å². The molecule has 19 heavy (non-hydrogen) atoms. The Morgan fingerprint density at radius 3 is 2.32 bits per heavy atom.